The van der Waals surface area contributed by atoms with Gasteiger partial charge in [0.15, 0.2) is 0 Å². The SMILES string of the molecule is CC(C)C[C@H]1CC[C@H](CN(C)C)CC1. The minimum Gasteiger partial charge on any atom is -0.309 e. The monoisotopic (exact) mass is 197 g/mol. The van der Waals surface area contributed by atoms with Gasteiger partial charge in [-0.2, -0.15) is 0 Å². The Morgan fingerprint density at radius 3 is 1.93 bits per heavy atom. The molecule has 1 aliphatic rings. The van der Waals surface area contributed by atoms with E-state index in [0.29, 0.717) is 0 Å². The highest BCUT2D eigenvalue weighted by atomic mass is 15.1. The van der Waals surface area contributed by atoms with Crippen LogP contribution in [-0.4, -0.2) is 25.5 Å². The van der Waals surface area contributed by atoms with E-state index in [1.165, 1.54) is 38.6 Å². The smallest absolute Gasteiger partial charge is 0.000356 e. The van der Waals surface area contributed by atoms with E-state index in [4.69, 9.17) is 0 Å². The van der Waals surface area contributed by atoms with Crippen LogP contribution < -0.4 is 0 Å². The van der Waals surface area contributed by atoms with Gasteiger partial charge in [-0.3, -0.25) is 0 Å². The van der Waals surface area contributed by atoms with Crippen molar-refractivity contribution in [2.75, 3.05) is 20.6 Å². The molecule has 0 aromatic carbocycles. The fraction of sp³-hybridized carbons (Fsp3) is 1.00. The average Bonchev–Trinajstić information content (AvgIpc) is 2.06. The van der Waals surface area contributed by atoms with Crippen LogP contribution in [0.3, 0.4) is 0 Å². The van der Waals surface area contributed by atoms with Crippen molar-refractivity contribution in [2.24, 2.45) is 17.8 Å². The first-order valence-electron chi connectivity index (χ1n) is 6.22. The normalized spacial score (nSPS) is 28.7. The molecule has 0 N–H and O–H groups in total. The highest BCUT2D eigenvalue weighted by Crippen LogP contribution is 2.32. The first-order chi connectivity index (χ1) is 6.58. The second-order valence-electron chi connectivity index (χ2n) is 5.78. The van der Waals surface area contributed by atoms with Crippen LogP contribution in [0.4, 0.5) is 0 Å². The topological polar surface area (TPSA) is 3.24 Å². The number of rotatable bonds is 4. The van der Waals surface area contributed by atoms with E-state index in [-0.39, 0.29) is 0 Å². The van der Waals surface area contributed by atoms with E-state index < -0.39 is 0 Å². The van der Waals surface area contributed by atoms with E-state index in [2.05, 4.69) is 32.8 Å². The first kappa shape index (κ1) is 12.0. The van der Waals surface area contributed by atoms with Crippen LogP contribution in [0.2, 0.25) is 0 Å². The molecule has 0 saturated heterocycles. The Morgan fingerprint density at radius 2 is 1.50 bits per heavy atom. The predicted octanol–water partition coefficient (Wildman–Crippen LogP) is 3.40. The van der Waals surface area contributed by atoms with Crippen molar-refractivity contribution >= 4 is 0 Å². The zero-order valence-corrected chi connectivity index (χ0v) is 10.4. The van der Waals surface area contributed by atoms with Crippen molar-refractivity contribution in [3.8, 4) is 0 Å². The van der Waals surface area contributed by atoms with E-state index in [1.807, 2.05) is 0 Å². The maximum absolute atomic E-state index is 2.35. The molecule has 0 atom stereocenters. The fourth-order valence-electron chi connectivity index (χ4n) is 2.83. The van der Waals surface area contributed by atoms with E-state index in [9.17, 15) is 0 Å². The standard InChI is InChI=1S/C13H27N/c1-11(2)9-12-5-7-13(8-6-12)10-14(3)4/h11-13H,5-10H2,1-4H3/t12-,13-. The van der Waals surface area contributed by atoms with Crippen LogP contribution in [0.1, 0.15) is 46.0 Å². The lowest BCUT2D eigenvalue weighted by Crippen LogP contribution is -2.26. The Hall–Kier alpha value is -0.0400. The quantitative estimate of drug-likeness (QED) is 0.667. The third-order valence-corrected chi connectivity index (χ3v) is 3.39. The Morgan fingerprint density at radius 1 is 1.00 bits per heavy atom. The number of nitrogens with zero attached hydrogens (tertiary/aromatic N) is 1. The highest BCUT2D eigenvalue weighted by Gasteiger charge is 2.21. The van der Waals surface area contributed by atoms with Crippen LogP contribution in [0.15, 0.2) is 0 Å². The average molecular weight is 197 g/mol. The lowest BCUT2D eigenvalue weighted by Gasteiger charge is -2.31. The second-order valence-corrected chi connectivity index (χ2v) is 5.78. The third-order valence-electron chi connectivity index (χ3n) is 3.39. The molecule has 0 heterocycles. The molecule has 0 spiro atoms. The molecule has 0 unspecified atom stereocenters. The summed E-state index contributed by atoms with van der Waals surface area (Å²) in [6.07, 6.45) is 7.35. The van der Waals surface area contributed by atoms with Crippen molar-refractivity contribution in [1.82, 2.24) is 4.90 Å². The van der Waals surface area contributed by atoms with Gasteiger partial charge in [-0.1, -0.05) is 26.7 Å². The van der Waals surface area contributed by atoms with Gasteiger partial charge in [0.1, 0.15) is 0 Å². The van der Waals surface area contributed by atoms with Crippen LogP contribution in [0.5, 0.6) is 0 Å². The van der Waals surface area contributed by atoms with Crippen LogP contribution >= 0.6 is 0 Å². The second kappa shape index (κ2) is 5.75. The highest BCUT2D eigenvalue weighted by molar-refractivity contribution is 4.74. The van der Waals surface area contributed by atoms with Crippen molar-refractivity contribution < 1.29 is 0 Å². The summed E-state index contributed by atoms with van der Waals surface area (Å²) >= 11 is 0. The van der Waals surface area contributed by atoms with Crippen molar-refractivity contribution in [1.29, 1.82) is 0 Å². The molecular weight excluding hydrogens is 170 g/mol. The molecule has 1 fully saturated rings. The summed E-state index contributed by atoms with van der Waals surface area (Å²) in [6, 6.07) is 0. The molecule has 0 radical (unpaired) electrons. The van der Waals surface area contributed by atoms with Crippen LogP contribution in [0, 0.1) is 17.8 Å². The lowest BCUT2D eigenvalue weighted by molar-refractivity contribution is 0.206. The van der Waals surface area contributed by atoms with Crippen molar-refractivity contribution in [3.05, 3.63) is 0 Å². The first-order valence-corrected chi connectivity index (χ1v) is 6.22. The molecule has 14 heavy (non-hydrogen) atoms. The number of hydrogen-bond acceptors (Lipinski definition) is 1. The maximum Gasteiger partial charge on any atom is 0.000356 e. The van der Waals surface area contributed by atoms with E-state index >= 15 is 0 Å². The predicted molar refractivity (Wildman–Crippen MR) is 63.5 cm³/mol. The van der Waals surface area contributed by atoms with Gasteiger partial charge in [0.25, 0.3) is 0 Å². The molecule has 1 rings (SSSR count). The molecule has 0 aromatic heterocycles. The molecule has 1 saturated carbocycles. The Labute approximate surface area is 89.9 Å². The summed E-state index contributed by atoms with van der Waals surface area (Å²) < 4.78 is 0. The Balaban J connectivity index is 2.17. The van der Waals surface area contributed by atoms with E-state index in [0.717, 1.165) is 17.8 Å². The minimum absolute atomic E-state index is 0.894. The summed E-state index contributed by atoms with van der Waals surface area (Å²) in [5.41, 5.74) is 0. The van der Waals surface area contributed by atoms with Gasteiger partial charge < -0.3 is 4.90 Å². The molecule has 0 aromatic rings. The zero-order valence-electron chi connectivity index (χ0n) is 10.4. The Bertz CT molecular complexity index is 125. The fourth-order valence-corrected chi connectivity index (χ4v) is 2.83. The van der Waals surface area contributed by atoms with Gasteiger partial charge in [0, 0.05) is 6.54 Å². The van der Waals surface area contributed by atoms with Gasteiger partial charge in [-0.05, 0) is 51.1 Å². The summed E-state index contributed by atoms with van der Waals surface area (Å²) in [5.74, 6) is 2.91. The molecule has 1 aliphatic carbocycles. The summed E-state index contributed by atoms with van der Waals surface area (Å²) in [4.78, 5) is 2.34. The van der Waals surface area contributed by atoms with E-state index in [1.54, 1.807) is 0 Å². The number of hydrogen-bond donors (Lipinski definition) is 0. The van der Waals surface area contributed by atoms with Gasteiger partial charge in [-0.15, -0.1) is 0 Å². The van der Waals surface area contributed by atoms with Gasteiger partial charge in [0.05, 0.1) is 0 Å². The van der Waals surface area contributed by atoms with Gasteiger partial charge in [-0.25, -0.2) is 0 Å². The molecule has 0 bridgehead atoms. The maximum atomic E-state index is 2.35. The summed E-state index contributed by atoms with van der Waals surface area (Å²) in [6.45, 7) is 6.01. The molecule has 84 valence electrons. The lowest BCUT2D eigenvalue weighted by atomic mass is 9.78. The molecule has 0 aliphatic heterocycles. The zero-order chi connectivity index (χ0) is 10.6. The Kier molecular flexibility index (Phi) is 4.94. The van der Waals surface area contributed by atoms with Gasteiger partial charge >= 0.3 is 0 Å². The minimum atomic E-state index is 0.894. The molecule has 0 amide bonds. The largest absolute Gasteiger partial charge is 0.309 e. The third kappa shape index (κ3) is 4.45. The van der Waals surface area contributed by atoms with Crippen molar-refractivity contribution in [2.45, 2.75) is 46.0 Å². The molecule has 1 nitrogen and oxygen atoms in total. The van der Waals surface area contributed by atoms with Crippen LogP contribution in [0.25, 0.3) is 0 Å². The van der Waals surface area contributed by atoms with Gasteiger partial charge in [0.2, 0.25) is 0 Å². The summed E-state index contributed by atoms with van der Waals surface area (Å²) in [5, 5.41) is 0. The molecular formula is C13H27N. The van der Waals surface area contributed by atoms with Crippen LogP contribution in [-0.2, 0) is 0 Å². The summed E-state index contributed by atoms with van der Waals surface area (Å²) in [7, 11) is 4.39. The van der Waals surface area contributed by atoms with Crippen molar-refractivity contribution in [3.63, 3.8) is 0 Å². The molecule has 1 heteroatoms.